The summed E-state index contributed by atoms with van der Waals surface area (Å²) in [6, 6.07) is 5.37. The Bertz CT molecular complexity index is 664. The summed E-state index contributed by atoms with van der Waals surface area (Å²) in [6.07, 6.45) is 1.45. The van der Waals surface area contributed by atoms with Crippen LogP contribution in [0.1, 0.15) is 15.9 Å². The minimum atomic E-state index is -0.962. The standard InChI is InChI=1S/C13H11ClN2O3S/c1-7-3-4-8(5-9(7)12(17)18)20-11-10(14)6-15-13(16-11)19-2/h3-6H,1-2H3,(H,17,18). The summed E-state index contributed by atoms with van der Waals surface area (Å²) < 4.78 is 4.94. The lowest BCUT2D eigenvalue weighted by atomic mass is 10.1. The Balaban J connectivity index is 2.35. The van der Waals surface area contributed by atoms with E-state index in [9.17, 15) is 4.79 Å². The van der Waals surface area contributed by atoms with Gasteiger partial charge in [-0.15, -0.1) is 0 Å². The fourth-order valence-corrected chi connectivity index (χ4v) is 2.53. The lowest BCUT2D eigenvalue weighted by Crippen LogP contribution is -1.99. The Kier molecular flexibility index (Phi) is 4.46. The second-order valence-corrected chi connectivity index (χ2v) is 5.36. The van der Waals surface area contributed by atoms with Gasteiger partial charge >= 0.3 is 12.0 Å². The van der Waals surface area contributed by atoms with Crippen LogP contribution < -0.4 is 4.74 Å². The molecule has 0 bridgehead atoms. The molecule has 0 aliphatic carbocycles. The van der Waals surface area contributed by atoms with Gasteiger partial charge in [-0.25, -0.2) is 9.78 Å². The van der Waals surface area contributed by atoms with E-state index >= 15 is 0 Å². The zero-order valence-electron chi connectivity index (χ0n) is 10.8. The first-order valence-corrected chi connectivity index (χ1v) is 6.79. The van der Waals surface area contributed by atoms with Crippen molar-refractivity contribution >= 4 is 29.3 Å². The van der Waals surface area contributed by atoms with E-state index in [4.69, 9.17) is 21.4 Å². The molecule has 1 aromatic heterocycles. The summed E-state index contributed by atoms with van der Waals surface area (Å²) in [4.78, 5) is 19.9. The van der Waals surface area contributed by atoms with E-state index in [1.165, 1.54) is 25.1 Å². The van der Waals surface area contributed by atoms with Crippen LogP contribution >= 0.6 is 23.4 Å². The number of halogens is 1. The van der Waals surface area contributed by atoms with Crippen molar-refractivity contribution < 1.29 is 14.6 Å². The number of benzene rings is 1. The van der Waals surface area contributed by atoms with Crippen molar-refractivity contribution in [3.63, 3.8) is 0 Å². The molecule has 2 rings (SSSR count). The topological polar surface area (TPSA) is 72.3 Å². The molecule has 0 fully saturated rings. The number of ether oxygens (including phenoxy) is 1. The van der Waals surface area contributed by atoms with Crippen molar-refractivity contribution in [3.8, 4) is 6.01 Å². The zero-order chi connectivity index (χ0) is 14.7. The molecular formula is C13H11ClN2O3S. The SMILES string of the molecule is COc1ncc(Cl)c(Sc2ccc(C)c(C(=O)O)c2)n1. The van der Waals surface area contributed by atoms with Gasteiger partial charge in [0.1, 0.15) is 5.03 Å². The Labute approximate surface area is 125 Å². The van der Waals surface area contributed by atoms with Crippen LogP contribution in [0, 0.1) is 6.92 Å². The fourth-order valence-electron chi connectivity index (χ4n) is 1.51. The molecule has 0 unspecified atom stereocenters. The molecular weight excluding hydrogens is 300 g/mol. The Hall–Kier alpha value is -1.79. The number of hydrogen-bond acceptors (Lipinski definition) is 5. The largest absolute Gasteiger partial charge is 0.478 e. The molecule has 0 amide bonds. The van der Waals surface area contributed by atoms with E-state index < -0.39 is 5.97 Å². The van der Waals surface area contributed by atoms with Crippen molar-refractivity contribution in [1.82, 2.24) is 9.97 Å². The first kappa shape index (κ1) is 14.6. The number of aromatic carboxylic acids is 1. The van der Waals surface area contributed by atoms with Gasteiger partial charge in [-0.1, -0.05) is 29.4 Å². The molecule has 0 atom stereocenters. The average Bonchev–Trinajstić information content (AvgIpc) is 2.43. The van der Waals surface area contributed by atoms with Crippen molar-refractivity contribution in [2.45, 2.75) is 16.8 Å². The second-order valence-electron chi connectivity index (χ2n) is 3.89. The predicted octanol–water partition coefficient (Wildman–Crippen LogP) is 3.30. The third kappa shape index (κ3) is 3.20. The van der Waals surface area contributed by atoms with Crippen LogP contribution in [0.4, 0.5) is 0 Å². The summed E-state index contributed by atoms with van der Waals surface area (Å²) >= 11 is 7.28. The number of nitrogens with zero attached hydrogens (tertiary/aromatic N) is 2. The third-order valence-electron chi connectivity index (χ3n) is 2.53. The van der Waals surface area contributed by atoms with Crippen LogP contribution in [-0.4, -0.2) is 28.2 Å². The van der Waals surface area contributed by atoms with Crippen LogP contribution in [0.5, 0.6) is 6.01 Å². The number of methoxy groups -OCH3 is 1. The zero-order valence-corrected chi connectivity index (χ0v) is 12.3. The van der Waals surface area contributed by atoms with Gasteiger partial charge in [-0.2, -0.15) is 4.98 Å². The number of carboxylic acids is 1. The number of aryl methyl sites for hydroxylation is 1. The summed E-state index contributed by atoms with van der Waals surface area (Å²) in [6.45, 7) is 1.75. The maximum atomic E-state index is 11.1. The van der Waals surface area contributed by atoms with E-state index in [2.05, 4.69) is 9.97 Å². The Morgan fingerprint density at radius 2 is 2.20 bits per heavy atom. The monoisotopic (exact) mass is 310 g/mol. The highest BCUT2D eigenvalue weighted by Gasteiger charge is 2.11. The van der Waals surface area contributed by atoms with Crippen LogP contribution in [-0.2, 0) is 0 Å². The van der Waals surface area contributed by atoms with E-state index in [1.807, 2.05) is 6.07 Å². The van der Waals surface area contributed by atoms with Crippen molar-refractivity contribution in [3.05, 3.63) is 40.5 Å². The van der Waals surface area contributed by atoms with E-state index in [0.717, 1.165) is 4.90 Å². The summed E-state index contributed by atoms with van der Waals surface area (Å²) in [5.41, 5.74) is 0.959. The summed E-state index contributed by atoms with van der Waals surface area (Å²) in [5, 5.41) is 10.0. The number of carboxylic acid groups (broad SMARTS) is 1. The van der Waals surface area contributed by atoms with Crippen molar-refractivity contribution in [2.24, 2.45) is 0 Å². The van der Waals surface area contributed by atoms with Crippen LogP contribution in [0.2, 0.25) is 5.02 Å². The first-order valence-electron chi connectivity index (χ1n) is 5.59. The van der Waals surface area contributed by atoms with Gasteiger partial charge in [0, 0.05) is 4.90 Å². The van der Waals surface area contributed by atoms with Gasteiger partial charge in [0.05, 0.1) is 23.9 Å². The fraction of sp³-hybridized carbons (Fsp3) is 0.154. The maximum absolute atomic E-state index is 11.1. The predicted molar refractivity (Wildman–Crippen MR) is 75.9 cm³/mol. The van der Waals surface area contributed by atoms with Crippen molar-refractivity contribution in [2.75, 3.05) is 7.11 Å². The van der Waals surface area contributed by atoms with E-state index in [0.29, 0.717) is 15.6 Å². The molecule has 1 aromatic carbocycles. The van der Waals surface area contributed by atoms with Gasteiger partial charge < -0.3 is 9.84 Å². The van der Waals surface area contributed by atoms with Gasteiger partial charge in [0.25, 0.3) is 0 Å². The smallest absolute Gasteiger partial charge is 0.335 e. The lowest BCUT2D eigenvalue weighted by molar-refractivity contribution is 0.0696. The molecule has 0 saturated heterocycles. The molecule has 0 radical (unpaired) electrons. The minimum absolute atomic E-state index is 0.211. The van der Waals surface area contributed by atoms with Gasteiger partial charge in [0.2, 0.25) is 0 Å². The molecule has 1 heterocycles. The summed E-state index contributed by atoms with van der Waals surface area (Å²) in [5.74, 6) is -0.962. The maximum Gasteiger partial charge on any atom is 0.335 e. The molecule has 7 heteroatoms. The number of aromatic nitrogens is 2. The second kappa shape index (κ2) is 6.11. The number of carbonyl (C=O) groups is 1. The van der Waals surface area contributed by atoms with Gasteiger partial charge in [0.15, 0.2) is 0 Å². The molecule has 0 spiro atoms. The van der Waals surface area contributed by atoms with Gasteiger partial charge in [-0.3, -0.25) is 0 Å². The third-order valence-corrected chi connectivity index (χ3v) is 3.91. The molecule has 0 aliphatic rings. The Morgan fingerprint density at radius 1 is 1.45 bits per heavy atom. The van der Waals surface area contributed by atoms with Crippen LogP contribution in [0.15, 0.2) is 34.3 Å². The highest BCUT2D eigenvalue weighted by molar-refractivity contribution is 7.99. The number of rotatable bonds is 4. The average molecular weight is 311 g/mol. The molecule has 0 aliphatic heterocycles. The Morgan fingerprint density at radius 3 is 2.85 bits per heavy atom. The molecule has 1 N–H and O–H groups in total. The van der Waals surface area contributed by atoms with Gasteiger partial charge in [-0.05, 0) is 24.6 Å². The number of hydrogen-bond donors (Lipinski definition) is 1. The first-order chi connectivity index (χ1) is 9.51. The highest BCUT2D eigenvalue weighted by atomic mass is 35.5. The molecule has 2 aromatic rings. The highest BCUT2D eigenvalue weighted by Crippen LogP contribution is 2.33. The minimum Gasteiger partial charge on any atom is -0.478 e. The molecule has 20 heavy (non-hydrogen) atoms. The normalized spacial score (nSPS) is 10.3. The van der Waals surface area contributed by atoms with Crippen LogP contribution in [0.3, 0.4) is 0 Å². The van der Waals surface area contributed by atoms with Crippen LogP contribution in [0.25, 0.3) is 0 Å². The molecule has 104 valence electrons. The quantitative estimate of drug-likeness (QED) is 0.874. The molecule has 0 saturated carbocycles. The summed E-state index contributed by atoms with van der Waals surface area (Å²) in [7, 11) is 1.46. The lowest BCUT2D eigenvalue weighted by Gasteiger charge is -2.07. The van der Waals surface area contributed by atoms with E-state index in [-0.39, 0.29) is 11.6 Å². The van der Waals surface area contributed by atoms with E-state index in [1.54, 1.807) is 19.1 Å². The van der Waals surface area contributed by atoms with Crippen molar-refractivity contribution in [1.29, 1.82) is 0 Å². The molecule has 5 nitrogen and oxygen atoms in total.